The average molecular weight is 410 g/mol. The second-order valence-corrected chi connectivity index (χ2v) is 7.02. The summed E-state index contributed by atoms with van der Waals surface area (Å²) in [6.07, 6.45) is 0.898. The molecule has 0 aliphatic carbocycles. The maximum Gasteiger partial charge on any atom is 0.224 e. The van der Waals surface area contributed by atoms with Crippen LogP contribution in [0.15, 0.2) is 66.7 Å². The number of fused-ring (bicyclic) bond motifs is 1. The highest BCUT2D eigenvalue weighted by Crippen LogP contribution is 2.33. The Kier molecular flexibility index (Phi) is 5.86. The lowest BCUT2D eigenvalue weighted by molar-refractivity contribution is -0.116. The first-order valence-corrected chi connectivity index (χ1v) is 9.76. The fourth-order valence-corrected chi connectivity index (χ4v) is 3.19. The number of hydrogen-bond donors (Lipinski definition) is 1. The normalized spacial score (nSPS) is 12.3. The highest BCUT2D eigenvalue weighted by Gasteiger charge is 2.13. The summed E-state index contributed by atoms with van der Waals surface area (Å²) in [5.41, 5.74) is 1.55. The number of rotatable bonds is 6. The molecule has 3 aromatic carbocycles. The predicted octanol–water partition coefficient (Wildman–Crippen LogP) is 5.47. The van der Waals surface area contributed by atoms with Crippen LogP contribution >= 0.6 is 11.6 Å². The van der Waals surface area contributed by atoms with Crippen molar-refractivity contribution in [1.82, 2.24) is 0 Å². The van der Waals surface area contributed by atoms with Gasteiger partial charge < -0.3 is 19.5 Å². The number of carbonyl (C=O) groups excluding carboxylic acids is 1. The molecule has 0 bridgehead atoms. The van der Waals surface area contributed by atoms with Crippen LogP contribution in [-0.2, 0) is 11.2 Å². The van der Waals surface area contributed by atoms with Crippen molar-refractivity contribution in [3.05, 3.63) is 77.3 Å². The first-order chi connectivity index (χ1) is 14.2. The van der Waals surface area contributed by atoms with Crippen LogP contribution in [0.2, 0.25) is 5.02 Å². The molecule has 3 aromatic rings. The van der Waals surface area contributed by atoms with Gasteiger partial charge in [0.1, 0.15) is 19.0 Å². The molecule has 5 nitrogen and oxygen atoms in total. The van der Waals surface area contributed by atoms with Gasteiger partial charge in [0.2, 0.25) is 5.91 Å². The number of amides is 1. The number of para-hydroxylation sites is 1. The van der Waals surface area contributed by atoms with Crippen molar-refractivity contribution < 1.29 is 19.0 Å². The Balaban J connectivity index is 1.41. The minimum absolute atomic E-state index is 0.125. The van der Waals surface area contributed by atoms with Crippen molar-refractivity contribution in [1.29, 1.82) is 0 Å². The van der Waals surface area contributed by atoms with Crippen LogP contribution in [0.25, 0.3) is 0 Å². The van der Waals surface area contributed by atoms with E-state index in [0.717, 1.165) is 17.1 Å². The van der Waals surface area contributed by atoms with Crippen LogP contribution in [0, 0.1) is 0 Å². The molecule has 1 aliphatic rings. The molecular formula is C23H20ClNO4. The van der Waals surface area contributed by atoms with E-state index in [-0.39, 0.29) is 5.91 Å². The van der Waals surface area contributed by atoms with Crippen molar-refractivity contribution in [2.45, 2.75) is 12.8 Å². The summed E-state index contributed by atoms with van der Waals surface area (Å²) in [6.45, 7) is 1.09. The molecule has 1 heterocycles. The fourth-order valence-electron chi connectivity index (χ4n) is 3.02. The largest absolute Gasteiger partial charge is 0.486 e. The summed E-state index contributed by atoms with van der Waals surface area (Å²) < 4.78 is 17.0. The van der Waals surface area contributed by atoms with Gasteiger partial charge in [-0.1, -0.05) is 35.9 Å². The Morgan fingerprint density at radius 3 is 2.59 bits per heavy atom. The third-order valence-electron chi connectivity index (χ3n) is 4.43. The molecule has 0 aromatic heterocycles. The van der Waals surface area contributed by atoms with E-state index in [9.17, 15) is 4.79 Å². The molecule has 0 fully saturated rings. The van der Waals surface area contributed by atoms with Crippen LogP contribution in [0.4, 0.5) is 5.69 Å². The van der Waals surface area contributed by atoms with Gasteiger partial charge in [-0.3, -0.25) is 4.79 Å². The third kappa shape index (κ3) is 5.00. The van der Waals surface area contributed by atoms with Crippen LogP contribution < -0.4 is 19.5 Å². The highest BCUT2D eigenvalue weighted by atomic mass is 35.5. The first kappa shape index (κ1) is 19.2. The number of hydrogen-bond acceptors (Lipinski definition) is 4. The van der Waals surface area contributed by atoms with Crippen LogP contribution in [-0.4, -0.2) is 19.1 Å². The summed E-state index contributed by atoms with van der Waals surface area (Å²) in [6, 6.07) is 20.3. The molecule has 29 heavy (non-hydrogen) atoms. The van der Waals surface area contributed by atoms with E-state index in [2.05, 4.69) is 5.32 Å². The van der Waals surface area contributed by atoms with Crippen molar-refractivity contribution in [3.63, 3.8) is 0 Å². The van der Waals surface area contributed by atoms with E-state index in [1.807, 2.05) is 48.5 Å². The summed E-state index contributed by atoms with van der Waals surface area (Å²) in [5.74, 6) is 2.56. The van der Waals surface area contributed by atoms with E-state index >= 15 is 0 Å². The van der Waals surface area contributed by atoms with E-state index in [1.165, 1.54) is 0 Å². The smallest absolute Gasteiger partial charge is 0.224 e. The Bertz CT molecular complexity index is 1010. The quantitative estimate of drug-likeness (QED) is 0.586. The number of nitrogens with one attached hydrogen (secondary N) is 1. The second kappa shape index (κ2) is 8.88. The zero-order valence-corrected chi connectivity index (χ0v) is 16.4. The highest BCUT2D eigenvalue weighted by molar-refractivity contribution is 6.31. The van der Waals surface area contributed by atoms with Gasteiger partial charge in [-0.05, 0) is 54.4 Å². The monoisotopic (exact) mass is 409 g/mol. The summed E-state index contributed by atoms with van der Waals surface area (Å²) in [7, 11) is 0. The van der Waals surface area contributed by atoms with Crippen LogP contribution in [0.5, 0.6) is 23.0 Å². The molecule has 0 saturated heterocycles. The van der Waals surface area contributed by atoms with Gasteiger partial charge >= 0.3 is 0 Å². The summed E-state index contributed by atoms with van der Waals surface area (Å²) in [5, 5.41) is 3.42. The predicted molar refractivity (Wildman–Crippen MR) is 112 cm³/mol. The molecule has 0 atom stereocenters. The number of aryl methyl sites for hydroxylation is 1. The second-order valence-electron chi connectivity index (χ2n) is 6.58. The molecule has 1 aliphatic heterocycles. The fraction of sp³-hybridized carbons (Fsp3) is 0.174. The molecule has 0 radical (unpaired) electrons. The number of carbonyl (C=O) groups is 1. The summed E-state index contributed by atoms with van der Waals surface area (Å²) >= 11 is 6.11. The molecule has 0 saturated carbocycles. The Morgan fingerprint density at radius 2 is 1.76 bits per heavy atom. The molecule has 1 amide bonds. The third-order valence-corrected chi connectivity index (χ3v) is 4.67. The molecule has 1 N–H and O–H groups in total. The maximum absolute atomic E-state index is 12.5. The van der Waals surface area contributed by atoms with Crippen LogP contribution in [0.3, 0.4) is 0 Å². The SMILES string of the molecule is O=C(CCc1ccc2c(c1)OCCO2)Nc1cc(Cl)ccc1Oc1ccccc1. The molecule has 148 valence electrons. The van der Waals surface area contributed by atoms with Gasteiger partial charge in [-0.15, -0.1) is 0 Å². The number of anilines is 1. The summed E-state index contributed by atoms with van der Waals surface area (Å²) in [4.78, 5) is 12.5. The van der Waals surface area contributed by atoms with E-state index in [0.29, 0.717) is 48.3 Å². The minimum Gasteiger partial charge on any atom is -0.486 e. The van der Waals surface area contributed by atoms with Crippen molar-refractivity contribution in [2.24, 2.45) is 0 Å². The lowest BCUT2D eigenvalue weighted by atomic mass is 10.1. The van der Waals surface area contributed by atoms with Gasteiger partial charge in [0, 0.05) is 11.4 Å². The van der Waals surface area contributed by atoms with E-state index in [1.54, 1.807) is 18.2 Å². The lowest BCUT2D eigenvalue weighted by Gasteiger charge is -2.18. The average Bonchev–Trinajstić information content (AvgIpc) is 2.75. The molecular weight excluding hydrogens is 390 g/mol. The topological polar surface area (TPSA) is 56.8 Å². The Hall–Kier alpha value is -3.18. The van der Waals surface area contributed by atoms with Gasteiger partial charge in [0.25, 0.3) is 0 Å². The van der Waals surface area contributed by atoms with Crippen molar-refractivity contribution >= 4 is 23.2 Å². The lowest BCUT2D eigenvalue weighted by Crippen LogP contribution is -2.16. The van der Waals surface area contributed by atoms with Crippen molar-refractivity contribution in [2.75, 3.05) is 18.5 Å². The van der Waals surface area contributed by atoms with Gasteiger partial charge in [-0.2, -0.15) is 0 Å². The number of halogens is 1. The Morgan fingerprint density at radius 1 is 0.966 bits per heavy atom. The Labute approximate surface area is 174 Å². The zero-order chi connectivity index (χ0) is 20.1. The molecule has 0 unspecified atom stereocenters. The number of ether oxygens (including phenoxy) is 3. The molecule has 4 rings (SSSR count). The minimum atomic E-state index is -0.125. The number of benzene rings is 3. The standard InChI is InChI=1S/C23H20ClNO4/c24-17-8-10-20(29-18-4-2-1-3-5-18)19(15-17)25-23(26)11-7-16-6-9-21-22(14-16)28-13-12-27-21/h1-6,8-10,14-15H,7,11-13H2,(H,25,26). The van der Waals surface area contributed by atoms with Crippen molar-refractivity contribution in [3.8, 4) is 23.0 Å². The van der Waals surface area contributed by atoms with Gasteiger partial charge in [0.15, 0.2) is 17.2 Å². The van der Waals surface area contributed by atoms with E-state index in [4.69, 9.17) is 25.8 Å². The first-order valence-electron chi connectivity index (χ1n) is 9.38. The maximum atomic E-state index is 12.5. The molecule has 0 spiro atoms. The van der Waals surface area contributed by atoms with E-state index < -0.39 is 0 Å². The zero-order valence-electron chi connectivity index (χ0n) is 15.7. The molecule has 6 heteroatoms. The van der Waals surface area contributed by atoms with Gasteiger partial charge in [-0.25, -0.2) is 0 Å². The van der Waals surface area contributed by atoms with Crippen LogP contribution in [0.1, 0.15) is 12.0 Å². The van der Waals surface area contributed by atoms with Gasteiger partial charge in [0.05, 0.1) is 5.69 Å².